The third kappa shape index (κ3) is 7.46. The maximum Gasteiger partial charge on any atom is 0.331 e. The molecule has 11 heterocycles. The SMILES string of the molecule is C=C(CO)C[C@@H]1C[C@H](O)[C@]2(C)OC3CC4OC5C[C@]6(C)O[C@]7(C)CCC8OC9C[C@]%10(C)OC%11C(C)=CC(=O)OC%11CC%10OC9C[C@@H](C)C8OC7CC6O[C@@]5(C)C/C=C\C4OC3CC2O1. The molecule has 0 aliphatic carbocycles. The Balaban J connectivity index is 0.776. The minimum absolute atomic E-state index is 0.101. The van der Waals surface area contributed by atoms with Gasteiger partial charge in [0, 0.05) is 51.0 Å². The predicted molar refractivity (Wildman–Crippen MR) is 229 cm³/mol. The molecule has 15 unspecified atom stereocenters. The van der Waals surface area contributed by atoms with E-state index in [1.54, 1.807) is 6.08 Å². The number of rotatable bonds is 3. The van der Waals surface area contributed by atoms with Gasteiger partial charge in [0.1, 0.15) is 23.9 Å². The molecule has 0 radical (unpaired) electrons. The summed E-state index contributed by atoms with van der Waals surface area (Å²) < 4.78 is 75.7. The van der Waals surface area contributed by atoms with Gasteiger partial charge in [-0.25, -0.2) is 4.79 Å². The lowest BCUT2D eigenvalue weighted by Crippen LogP contribution is -2.70. The molecular weight excluding hydrogens is 825 g/mol. The van der Waals surface area contributed by atoms with Crippen LogP contribution in [0.25, 0.3) is 0 Å². The average Bonchev–Trinajstić information content (AvgIpc) is 3.43. The molecule has 14 nitrogen and oxygen atoms in total. The summed E-state index contributed by atoms with van der Waals surface area (Å²) >= 11 is 0. The highest BCUT2D eigenvalue weighted by Gasteiger charge is 2.64. The van der Waals surface area contributed by atoms with Crippen molar-refractivity contribution in [1.82, 2.24) is 0 Å². The van der Waals surface area contributed by atoms with Crippen LogP contribution in [0.15, 0.2) is 36.0 Å². The van der Waals surface area contributed by atoms with E-state index in [1.165, 1.54) is 0 Å². The van der Waals surface area contributed by atoms with Crippen LogP contribution in [0.2, 0.25) is 0 Å². The fourth-order valence-electron chi connectivity index (χ4n) is 14.0. The zero-order valence-electron chi connectivity index (χ0n) is 38.8. The molecule has 9 saturated heterocycles. The number of aliphatic hydroxyl groups is 2. The summed E-state index contributed by atoms with van der Waals surface area (Å²) in [5.41, 5.74) is -1.68. The van der Waals surface area contributed by atoms with Crippen molar-refractivity contribution in [2.24, 2.45) is 5.92 Å². The molecular formula is C50H72O14. The van der Waals surface area contributed by atoms with Gasteiger partial charge in [0.05, 0.1) is 114 Å². The minimum atomic E-state index is -0.886. The second kappa shape index (κ2) is 15.9. The zero-order valence-corrected chi connectivity index (χ0v) is 38.8. The lowest BCUT2D eigenvalue weighted by Gasteiger charge is -2.60. The lowest BCUT2D eigenvalue weighted by atomic mass is 9.72. The lowest BCUT2D eigenvalue weighted by molar-refractivity contribution is -0.356. The van der Waals surface area contributed by atoms with Crippen LogP contribution < -0.4 is 0 Å². The smallest absolute Gasteiger partial charge is 0.331 e. The predicted octanol–water partition coefficient (Wildman–Crippen LogP) is 5.27. The van der Waals surface area contributed by atoms with Crippen molar-refractivity contribution in [2.45, 2.75) is 257 Å². The van der Waals surface area contributed by atoms with Gasteiger partial charge in [-0.2, -0.15) is 0 Å². The van der Waals surface area contributed by atoms with E-state index in [2.05, 4.69) is 53.3 Å². The Hall–Kier alpha value is -1.79. The molecule has 0 aromatic carbocycles. The van der Waals surface area contributed by atoms with Crippen molar-refractivity contribution < 1.29 is 67.1 Å². The van der Waals surface area contributed by atoms with Crippen LogP contribution in [0.5, 0.6) is 0 Å². The fourth-order valence-corrected chi connectivity index (χ4v) is 14.0. The van der Waals surface area contributed by atoms with Crippen molar-refractivity contribution >= 4 is 5.97 Å². The summed E-state index contributed by atoms with van der Waals surface area (Å²) in [6.07, 6.45) is 9.32. The molecule has 356 valence electrons. The van der Waals surface area contributed by atoms with Gasteiger partial charge in [-0.05, 0) is 90.7 Å². The quantitative estimate of drug-likeness (QED) is 0.279. The minimum Gasteiger partial charge on any atom is -0.456 e. The van der Waals surface area contributed by atoms with Gasteiger partial charge < -0.3 is 62.3 Å². The van der Waals surface area contributed by atoms with Crippen LogP contribution in [-0.4, -0.2) is 155 Å². The van der Waals surface area contributed by atoms with E-state index in [0.717, 1.165) is 24.8 Å². The number of aliphatic hydroxyl groups excluding tert-OH is 2. The van der Waals surface area contributed by atoms with Gasteiger partial charge in [-0.1, -0.05) is 25.7 Å². The number of hydrogen-bond acceptors (Lipinski definition) is 14. The number of fused-ring (bicyclic) bond motifs is 10. The van der Waals surface area contributed by atoms with Gasteiger partial charge in [0.15, 0.2) is 0 Å². The highest BCUT2D eigenvalue weighted by molar-refractivity contribution is 5.84. The number of esters is 1. The molecule has 14 heteroatoms. The van der Waals surface area contributed by atoms with Gasteiger partial charge >= 0.3 is 5.97 Å². The standard InChI is InChI=1S/C50H72O14/c1-25(24-51)14-28-17-37(52)50(8)41(54-28)19-33-34(61-50)18-32-29(55-33)10-9-12-46(4)42(58-32)23-49(7)40(62-46)21-39-47(5,64-49)13-11-30-44(60-39)26(2)15-31-36(56-30)22-48(6)38(57-31)20-35-45(63-48)27(3)16-43(53)59-35/h9-10,16,26,28-42,44-45,51-52H,1,11-15,17-24H2,2-8H3/b10-9-/t26-,28-,29?,30?,31?,32?,33?,34?,35?,36?,37+,38?,39?,40?,41?,42?,44?,45?,46+,47-,48+,49+,50+/m1/s1. The second-order valence-corrected chi connectivity index (χ2v) is 22.8. The topological polar surface area (TPSA) is 159 Å². The first-order valence-corrected chi connectivity index (χ1v) is 24.5. The average molecular weight is 897 g/mol. The Morgan fingerprint density at radius 3 is 2.30 bits per heavy atom. The summed E-state index contributed by atoms with van der Waals surface area (Å²) in [7, 11) is 0. The van der Waals surface area contributed by atoms with Crippen molar-refractivity contribution in [3.8, 4) is 0 Å². The molecule has 11 aliphatic rings. The molecule has 0 bridgehead atoms. The molecule has 11 rings (SSSR count). The van der Waals surface area contributed by atoms with Crippen LogP contribution in [0, 0.1) is 5.92 Å². The van der Waals surface area contributed by atoms with Gasteiger partial charge in [-0.15, -0.1) is 0 Å². The van der Waals surface area contributed by atoms with Crippen molar-refractivity contribution in [3.05, 3.63) is 36.0 Å². The molecule has 0 amide bonds. The molecule has 0 saturated carbocycles. The van der Waals surface area contributed by atoms with Crippen molar-refractivity contribution in [1.29, 1.82) is 0 Å². The van der Waals surface area contributed by atoms with Crippen LogP contribution in [-0.2, 0) is 56.9 Å². The van der Waals surface area contributed by atoms with Crippen LogP contribution in [0.1, 0.15) is 126 Å². The number of carbonyl (C=O) groups excluding carboxylic acids is 1. The molecule has 0 spiro atoms. The zero-order chi connectivity index (χ0) is 44.7. The molecule has 64 heavy (non-hydrogen) atoms. The third-order valence-electron chi connectivity index (χ3n) is 17.9. The van der Waals surface area contributed by atoms with Crippen LogP contribution in [0.3, 0.4) is 0 Å². The normalized spacial score (nSPS) is 57.0. The van der Waals surface area contributed by atoms with E-state index in [0.29, 0.717) is 63.4 Å². The first-order valence-electron chi connectivity index (χ1n) is 24.5. The number of ether oxygens (including phenoxy) is 11. The van der Waals surface area contributed by atoms with Crippen molar-refractivity contribution in [3.63, 3.8) is 0 Å². The summed E-state index contributed by atoms with van der Waals surface area (Å²) in [5.74, 6) is -0.141. The maximum absolute atomic E-state index is 12.3. The van der Waals surface area contributed by atoms with Crippen LogP contribution in [0.4, 0.5) is 0 Å². The van der Waals surface area contributed by atoms with Crippen molar-refractivity contribution in [2.75, 3.05) is 6.61 Å². The third-order valence-corrected chi connectivity index (χ3v) is 17.9. The second-order valence-electron chi connectivity index (χ2n) is 22.8. The van der Waals surface area contributed by atoms with Gasteiger partial charge in [0.25, 0.3) is 0 Å². The van der Waals surface area contributed by atoms with Crippen LogP contribution >= 0.6 is 0 Å². The summed E-state index contributed by atoms with van der Waals surface area (Å²) in [6.45, 7) is 18.7. The first-order chi connectivity index (χ1) is 30.4. The van der Waals surface area contributed by atoms with E-state index in [1.807, 2.05) is 13.8 Å². The first kappa shape index (κ1) is 44.7. The van der Waals surface area contributed by atoms with E-state index in [-0.39, 0.29) is 116 Å². The van der Waals surface area contributed by atoms with Gasteiger partial charge in [0.2, 0.25) is 0 Å². The van der Waals surface area contributed by atoms with E-state index < -0.39 is 34.1 Å². The molecule has 11 aliphatic heterocycles. The largest absolute Gasteiger partial charge is 0.456 e. The maximum atomic E-state index is 12.3. The van der Waals surface area contributed by atoms with E-state index in [9.17, 15) is 15.0 Å². The molecule has 0 aromatic rings. The van der Waals surface area contributed by atoms with Gasteiger partial charge in [-0.3, -0.25) is 0 Å². The molecule has 0 aromatic heterocycles. The Kier molecular flexibility index (Phi) is 11.1. The molecule has 23 atom stereocenters. The Labute approximate surface area is 377 Å². The Bertz CT molecular complexity index is 1910. The Morgan fingerprint density at radius 2 is 1.48 bits per heavy atom. The molecule has 2 N–H and O–H groups in total. The number of hydrogen-bond donors (Lipinski definition) is 2. The van der Waals surface area contributed by atoms with E-state index >= 15 is 0 Å². The highest BCUT2D eigenvalue weighted by Crippen LogP contribution is 2.55. The van der Waals surface area contributed by atoms with E-state index in [4.69, 9.17) is 52.1 Å². The Morgan fingerprint density at radius 1 is 0.719 bits per heavy atom. The molecule has 9 fully saturated rings. The number of carbonyl (C=O) groups is 1. The monoisotopic (exact) mass is 896 g/mol. The summed E-state index contributed by atoms with van der Waals surface area (Å²) in [6, 6.07) is 0. The highest BCUT2D eigenvalue weighted by atomic mass is 16.7. The fraction of sp³-hybridized carbons (Fsp3) is 0.860. The summed E-state index contributed by atoms with van der Waals surface area (Å²) in [5, 5.41) is 21.0. The summed E-state index contributed by atoms with van der Waals surface area (Å²) in [4.78, 5) is 12.3.